The molecule has 0 saturated heterocycles. The molecule has 4 heteroatoms. The summed E-state index contributed by atoms with van der Waals surface area (Å²) in [4.78, 5) is 10.4. The summed E-state index contributed by atoms with van der Waals surface area (Å²) in [6, 6.07) is 0. The van der Waals surface area contributed by atoms with Gasteiger partial charge in [-0.25, -0.2) is 0 Å². The number of carboxylic acid groups (broad SMARTS) is 1. The molecule has 4 nitrogen and oxygen atoms in total. The van der Waals surface area contributed by atoms with Gasteiger partial charge in [0.1, 0.15) is 0 Å². The van der Waals surface area contributed by atoms with Gasteiger partial charge in [0.15, 0.2) is 0 Å². The fourth-order valence-corrected chi connectivity index (χ4v) is 2.23. The highest BCUT2D eigenvalue weighted by Crippen LogP contribution is 2.07. The number of allylic oxidation sites excluding steroid dienone is 4. The number of hydrogen-bond donors (Lipinski definition) is 3. The van der Waals surface area contributed by atoms with Gasteiger partial charge in [-0.2, -0.15) is 0 Å². The van der Waals surface area contributed by atoms with Crippen LogP contribution in [0.3, 0.4) is 0 Å². The van der Waals surface area contributed by atoms with Crippen LogP contribution in [-0.2, 0) is 4.79 Å². The van der Waals surface area contributed by atoms with Crippen molar-refractivity contribution in [2.45, 2.75) is 83.3 Å². The van der Waals surface area contributed by atoms with Crippen LogP contribution in [0.5, 0.6) is 0 Å². The van der Waals surface area contributed by atoms with Gasteiger partial charge in [-0.1, -0.05) is 56.2 Å². The lowest BCUT2D eigenvalue weighted by molar-refractivity contribution is -0.137. The Morgan fingerprint density at radius 3 is 2.46 bits per heavy atom. The van der Waals surface area contributed by atoms with Crippen LogP contribution in [-0.4, -0.2) is 33.5 Å². The zero-order chi connectivity index (χ0) is 18.0. The van der Waals surface area contributed by atoms with Crippen LogP contribution in [0.15, 0.2) is 36.5 Å². The topological polar surface area (TPSA) is 77.8 Å². The predicted octanol–water partition coefficient (Wildman–Crippen LogP) is 4.38. The smallest absolute Gasteiger partial charge is 0.303 e. The van der Waals surface area contributed by atoms with E-state index in [-0.39, 0.29) is 6.42 Å². The average Bonchev–Trinajstić information content (AvgIpc) is 2.53. The first-order chi connectivity index (χ1) is 11.6. The molecule has 0 aromatic rings. The van der Waals surface area contributed by atoms with E-state index in [0.717, 1.165) is 12.8 Å². The van der Waals surface area contributed by atoms with E-state index in [9.17, 15) is 15.0 Å². The summed E-state index contributed by atoms with van der Waals surface area (Å²) in [5.41, 5.74) is 0. The molecule has 138 valence electrons. The largest absolute Gasteiger partial charge is 0.481 e. The first kappa shape index (κ1) is 22.6. The van der Waals surface area contributed by atoms with Crippen LogP contribution in [0.2, 0.25) is 0 Å². The first-order valence-electron chi connectivity index (χ1n) is 9.12. The number of aliphatic hydroxyl groups is 2. The van der Waals surface area contributed by atoms with Gasteiger partial charge in [0, 0.05) is 6.42 Å². The number of carbonyl (C=O) groups is 1. The summed E-state index contributed by atoms with van der Waals surface area (Å²) in [5, 5.41) is 28.0. The zero-order valence-corrected chi connectivity index (χ0v) is 14.9. The minimum absolute atomic E-state index is 0.112. The SMILES string of the molecule is CCCCC/C=C\CC(O)/C=C/C=C/CCC(O)CCCC(=O)O. The normalized spacial score (nSPS) is 14.8. The Hall–Kier alpha value is -1.39. The molecule has 24 heavy (non-hydrogen) atoms. The van der Waals surface area contributed by atoms with Crippen molar-refractivity contribution in [2.75, 3.05) is 0 Å². The van der Waals surface area contributed by atoms with E-state index >= 15 is 0 Å². The molecule has 0 aliphatic rings. The second kappa shape index (κ2) is 16.5. The van der Waals surface area contributed by atoms with E-state index in [2.05, 4.69) is 13.0 Å². The Morgan fingerprint density at radius 2 is 1.75 bits per heavy atom. The Bertz CT molecular complexity index is 385. The number of hydrogen-bond acceptors (Lipinski definition) is 3. The third-order valence-electron chi connectivity index (χ3n) is 3.69. The standard InChI is InChI=1S/C20H34O4/c1-2-3-4-5-6-9-13-18(21)14-10-7-8-11-15-19(22)16-12-17-20(23)24/h6-10,14,18-19,21-22H,2-5,11-13,15-17H2,1H3,(H,23,24)/b8-7+,9-6-,14-10+. The van der Waals surface area contributed by atoms with E-state index in [1.54, 1.807) is 6.08 Å². The van der Waals surface area contributed by atoms with Gasteiger partial charge in [0.25, 0.3) is 0 Å². The third kappa shape index (κ3) is 17.0. The molecule has 0 amide bonds. The van der Waals surface area contributed by atoms with E-state index in [0.29, 0.717) is 25.7 Å². The van der Waals surface area contributed by atoms with Crippen LogP contribution in [0, 0.1) is 0 Å². The lowest BCUT2D eigenvalue weighted by Gasteiger charge is -2.07. The van der Waals surface area contributed by atoms with Crippen molar-refractivity contribution >= 4 is 5.97 Å². The molecule has 0 radical (unpaired) electrons. The first-order valence-corrected chi connectivity index (χ1v) is 9.12. The summed E-state index contributed by atoms with van der Waals surface area (Å²) in [6.45, 7) is 2.19. The van der Waals surface area contributed by atoms with Gasteiger partial charge in [-0.05, 0) is 44.9 Å². The number of aliphatic carboxylic acids is 1. The molecule has 0 aromatic carbocycles. The minimum atomic E-state index is -0.818. The van der Waals surface area contributed by atoms with Crippen molar-refractivity contribution in [2.24, 2.45) is 0 Å². The van der Waals surface area contributed by atoms with Crippen LogP contribution >= 0.6 is 0 Å². The molecule has 0 rings (SSSR count). The van der Waals surface area contributed by atoms with E-state index in [4.69, 9.17) is 5.11 Å². The molecular weight excluding hydrogens is 304 g/mol. The number of rotatable bonds is 15. The van der Waals surface area contributed by atoms with Gasteiger partial charge >= 0.3 is 5.97 Å². The highest BCUT2D eigenvalue weighted by Gasteiger charge is 2.04. The van der Waals surface area contributed by atoms with Crippen molar-refractivity contribution in [3.63, 3.8) is 0 Å². The molecule has 0 heterocycles. The quantitative estimate of drug-likeness (QED) is 0.235. The molecule has 2 unspecified atom stereocenters. The second-order valence-electron chi connectivity index (χ2n) is 6.10. The summed E-state index contributed by atoms with van der Waals surface area (Å²) < 4.78 is 0. The van der Waals surface area contributed by atoms with Crippen LogP contribution in [0.25, 0.3) is 0 Å². The number of carboxylic acids is 1. The van der Waals surface area contributed by atoms with Crippen molar-refractivity contribution < 1.29 is 20.1 Å². The molecule has 0 fully saturated rings. The number of unbranched alkanes of at least 4 members (excludes halogenated alkanes) is 3. The fraction of sp³-hybridized carbons (Fsp3) is 0.650. The van der Waals surface area contributed by atoms with Crippen molar-refractivity contribution in [1.82, 2.24) is 0 Å². The molecule has 0 spiro atoms. The lowest BCUT2D eigenvalue weighted by Crippen LogP contribution is -2.06. The average molecular weight is 338 g/mol. The molecule has 0 aliphatic carbocycles. The summed E-state index contributed by atoms with van der Waals surface area (Å²) in [6.07, 6.45) is 18.6. The van der Waals surface area contributed by atoms with Crippen LogP contribution in [0.4, 0.5) is 0 Å². The Labute approximate surface area is 146 Å². The molecule has 0 bridgehead atoms. The second-order valence-corrected chi connectivity index (χ2v) is 6.10. The van der Waals surface area contributed by atoms with Gasteiger partial charge in [0.2, 0.25) is 0 Å². The van der Waals surface area contributed by atoms with E-state index < -0.39 is 18.2 Å². The van der Waals surface area contributed by atoms with Crippen LogP contribution < -0.4 is 0 Å². The Morgan fingerprint density at radius 1 is 0.958 bits per heavy atom. The molecule has 0 saturated carbocycles. The van der Waals surface area contributed by atoms with Crippen molar-refractivity contribution in [3.05, 3.63) is 36.5 Å². The van der Waals surface area contributed by atoms with Crippen molar-refractivity contribution in [1.29, 1.82) is 0 Å². The summed E-state index contributed by atoms with van der Waals surface area (Å²) >= 11 is 0. The molecular formula is C20H34O4. The van der Waals surface area contributed by atoms with Crippen LogP contribution in [0.1, 0.15) is 71.1 Å². The Balaban J connectivity index is 3.66. The maximum atomic E-state index is 10.4. The third-order valence-corrected chi connectivity index (χ3v) is 3.69. The van der Waals surface area contributed by atoms with Gasteiger partial charge in [-0.15, -0.1) is 0 Å². The van der Waals surface area contributed by atoms with E-state index in [1.165, 1.54) is 19.3 Å². The van der Waals surface area contributed by atoms with Crippen molar-refractivity contribution in [3.8, 4) is 0 Å². The molecule has 3 N–H and O–H groups in total. The lowest BCUT2D eigenvalue weighted by atomic mass is 10.1. The predicted molar refractivity (Wildman–Crippen MR) is 98.9 cm³/mol. The maximum Gasteiger partial charge on any atom is 0.303 e. The van der Waals surface area contributed by atoms with E-state index in [1.807, 2.05) is 24.3 Å². The zero-order valence-electron chi connectivity index (χ0n) is 14.9. The number of aliphatic hydroxyl groups excluding tert-OH is 2. The fourth-order valence-electron chi connectivity index (χ4n) is 2.23. The summed E-state index contributed by atoms with van der Waals surface area (Å²) in [7, 11) is 0. The maximum absolute atomic E-state index is 10.4. The monoisotopic (exact) mass is 338 g/mol. The van der Waals surface area contributed by atoms with Gasteiger partial charge in [-0.3, -0.25) is 4.79 Å². The molecule has 2 atom stereocenters. The summed E-state index contributed by atoms with van der Waals surface area (Å²) in [5.74, 6) is -0.818. The van der Waals surface area contributed by atoms with Gasteiger partial charge in [0.05, 0.1) is 12.2 Å². The van der Waals surface area contributed by atoms with Gasteiger partial charge < -0.3 is 15.3 Å². The minimum Gasteiger partial charge on any atom is -0.481 e. The highest BCUT2D eigenvalue weighted by atomic mass is 16.4. The Kier molecular flexibility index (Phi) is 15.5. The molecule has 0 aromatic heterocycles. The molecule has 0 aliphatic heterocycles. The highest BCUT2D eigenvalue weighted by molar-refractivity contribution is 5.66.